The van der Waals surface area contributed by atoms with E-state index in [4.69, 9.17) is 5.73 Å². The zero-order chi connectivity index (χ0) is 8.10. The van der Waals surface area contributed by atoms with Crippen molar-refractivity contribution in [2.24, 2.45) is 5.73 Å². The zero-order valence-corrected chi connectivity index (χ0v) is 6.70. The van der Waals surface area contributed by atoms with E-state index < -0.39 is 0 Å². The van der Waals surface area contributed by atoms with Crippen molar-refractivity contribution in [3.63, 3.8) is 0 Å². The summed E-state index contributed by atoms with van der Waals surface area (Å²) in [6.45, 7) is 2.08. The van der Waals surface area contributed by atoms with Gasteiger partial charge in [-0.05, 0) is 18.4 Å². The lowest BCUT2D eigenvalue weighted by Crippen LogP contribution is -2.21. The molecule has 0 saturated heterocycles. The van der Waals surface area contributed by atoms with Crippen LogP contribution in [0, 0.1) is 0 Å². The molecule has 1 heterocycles. The van der Waals surface area contributed by atoms with Gasteiger partial charge in [0.05, 0.1) is 0 Å². The van der Waals surface area contributed by atoms with Gasteiger partial charge >= 0.3 is 0 Å². The van der Waals surface area contributed by atoms with Gasteiger partial charge in [-0.25, -0.2) is 9.97 Å². The molecule has 60 valence electrons. The second-order valence-electron chi connectivity index (χ2n) is 2.62. The first-order valence-corrected chi connectivity index (χ1v) is 3.82. The van der Waals surface area contributed by atoms with Crippen LogP contribution >= 0.6 is 0 Å². The molecule has 3 nitrogen and oxygen atoms in total. The Morgan fingerprint density at radius 2 is 2.09 bits per heavy atom. The number of nitrogens with two attached hydrogens (primary N) is 1. The molecule has 0 saturated carbocycles. The molecule has 1 unspecified atom stereocenters. The Labute approximate surface area is 66.7 Å². The van der Waals surface area contributed by atoms with Gasteiger partial charge in [-0.1, -0.05) is 6.92 Å². The molecule has 1 aromatic heterocycles. The Morgan fingerprint density at radius 1 is 1.45 bits per heavy atom. The molecule has 0 amide bonds. The highest BCUT2D eigenvalue weighted by Gasteiger charge is 2.00. The maximum atomic E-state index is 5.75. The van der Waals surface area contributed by atoms with Crippen LogP contribution in [-0.4, -0.2) is 16.0 Å². The van der Waals surface area contributed by atoms with Crippen molar-refractivity contribution in [3.8, 4) is 0 Å². The first-order valence-electron chi connectivity index (χ1n) is 3.82. The maximum Gasteiger partial charge on any atom is 0.115 e. The number of aromatic nitrogens is 2. The van der Waals surface area contributed by atoms with E-state index in [9.17, 15) is 0 Å². The van der Waals surface area contributed by atoms with E-state index in [-0.39, 0.29) is 6.04 Å². The van der Waals surface area contributed by atoms with Gasteiger partial charge in [0.1, 0.15) is 6.33 Å². The highest BCUT2D eigenvalue weighted by molar-refractivity contribution is 5.04. The Morgan fingerprint density at radius 3 is 2.64 bits per heavy atom. The molecule has 0 bridgehead atoms. The molecule has 0 aliphatic rings. The molecule has 2 N–H and O–H groups in total. The summed E-state index contributed by atoms with van der Waals surface area (Å²) in [7, 11) is 0. The van der Waals surface area contributed by atoms with Crippen LogP contribution in [0.2, 0.25) is 0 Å². The van der Waals surface area contributed by atoms with Crippen molar-refractivity contribution in [3.05, 3.63) is 24.3 Å². The number of rotatable bonds is 3. The topological polar surface area (TPSA) is 51.8 Å². The Bertz CT molecular complexity index is 198. The summed E-state index contributed by atoms with van der Waals surface area (Å²) in [5, 5.41) is 0. The second-order valence-corrected chi connectivity index (χ2v) is 2.62. The average Bonchev–Trinajstić information content (AvgIpc) is 2.06. The number of nitrogens with zero attached hydrogens (tertiary/aromatic N) is 2. The third-order valence-electron chi connectivity index (χ3n) is 1.64. The third-order valence-corrected chi connectivity index (χ3v) is 1.64. The minimum absolute atomic E-state index is 0.237. The maximum absolute atomic E-state index is 5.75. The first kappa shape index (κ1) is 8.14. The molecule has 0 spiro atoms. The molecule has 0 fully saturated rings. The molecule has 1 rings (SSSR count). The molecular formula is C8H13N3. The summed E-state index contributed by atoms with van der Waals surface area (Å²) in [6.07, 6.45) is 7.01. The van der Waals surface area contributed by atoms with Crippen LogP contribution in [0.5, 0.6) is 0 Å². The lowest BCUT2D eigenvalue weighted by Gasteiger charge is -2.06. The summed E-state index contributed by atoms with van der Waals surface area (Å²) in [6, 6.07) is 0.237. The van der Waals surface area contributed by atoms with Gasteiger partial charge in [0.15, 0.2) is 0 Å². The van der Waals surface area contributed by atoms with Gasteiger partial charge < -0.3 is 5.73 Å². The Kier molecular flexibility index (Phi) is 2.98. The van der Waals surface area contributed by atoms with Gasteiger partial charge in [0.2, 0.25) is 0 Å². The summed E-state index contributed by atoms with van der Waals surface area (Å²) < 4.78 is 0. The van der Waals surface area contributed by atoms with Crippen LogP contribution in [-0.2, 0) is 6.42 Å². The second kappa shape index (κ2) is 4.03. The van der Waals surface area contributed by atoms with Crippen LogP contribution in [0.1, 0.15) is 18.9 Å². The minimum Gasteiger partial charge on any atom is -0.327 e. The van der Waals surface area contributed by atoms with Crippen molar-refractivity contribution in [2.75, 3.05) is 0 Å². The van der Waals surface area contributed by atoms with Gasteiger partial charge in [0.25, 0.3) is 0 Å². The lowest BCUT2D eigenvalue weighted by atomic mass is 10.1. The van der Waals surface area contributed by atoms with Crippen molar-refractivity contribution < 1.29 is 0 Å². The predicted molar refractivity (Wildman–Crippen MR) is 44.0 cm³/mol. The number of hydrogen-bond acceptors (Lipinski definition) is 3. The van der Waals surface area contributed by atoms with Gasteiger partial charge in [-0.15, -0.1) is 0 Å². The van der Waals surface area contributed by atoms with E-state index in [2.05, 4.69) is 16.9 Å². The van der Waals surface area contributed by atoms with E-state index in [1.54, 1.807) is 0 Å². The SMILES string of the molecule is CCC(N)Cc1cncnc1. The molecule has 0 aliphatic heterocycles. The summed E-state index contributed by atoms with van der Waals surface area (Å²) in [4.78, 5) is 7.81. The van der Waals surface area contributed by atoms with Crippen LogP contribution in [0.4, 0.5) is 0 Å². The first-order chi connectivity index (χ1) is 5.33. The highest BCUT2D eigenvalue weighted by atomic mass is 14.8. The van der Waals surface area contributed by atoms with E-state index in [0.29, 0.717) is 0 Å². The average molecular weight is 151 g/mol. The van der Waals surface area contributed by atoms with E-state index >= 15 is 0 Å². The molecular weight excluding hydrogens is 138 g/mol. The summed E-state index contributed by atoms with van der Waals surface area (Å²) in [5.41, 5.74) is 6.86. The fourth-order valence-corrected chi connectivity index (χ4v) is 0.882. The van der Waals surface area contributed by atoms with Crippen LogP contribution in [0.25, 0.3) is 0 Å². The standard InChI is InChI=1S/C8H13N3/c1-2-8(9)3-7-4-10-6-11-5-7/h4-6,8H,2-3,9H2,1H3. The zero-order valence-electron chi connectivity index (χ0n) is 6.70. The molecule has 1 aromatic rings. The number of hydrogen-bond donors (Lipinski definition) is 1. The van der Waals surface area contributed by atoms with Crippen LogP contribution < -0.4 is 5.73 Å². The molecule has 3 heteroatoms. The smallest absolute Gasteiger partial charge is 0.115 e. The monoisotopic (exact) mass is 151 g/mol. The van der Waals surface area contributed by atoms with Crippen molar-refractivity contribution >= 4 is 0 Å². The van der Waals surface area contributed by atoms with Gasteiger partial charge in [-0.2, -0.15) is 0 Å². The lowest BCUT2D eigenvalue weighted by molar-refractivity contribution is 0.643. The van der Waals surface area contributed by atoms with Crippen molar-refractivity contribution in [1.82, 2.24) is 9.97 Å². The summed E-state index contributed by atoms with van der Waals surface area (Å²) in [5.74, 6) is 0. The quantitative estimate of drug-likeness (QED) is 0.693. The fourth-order valence-electron chi connectivity index (χ4n) is 0.882. The minimum atomic E-state index is 0.237. The third kappa shape index (κ3) is 2.63. The molecule has 0 aromatic carbocycles. The molecule has 0 aliphatic carbocycles. The predicted octanol–water partition coefficient (Wildman–Crippen LogP) is 0.756. The Balaban J connectivity index is 2.51. The van der Waals surface area contributed by atoms with E-state index in [0.717, 1.165) is 18.4 Å². The molecule has 11 heavy (non-hydrogen) atoms. The molecule has 1 atom stereocenters. The van der Waals surface area contributed by atoms with Crippen molar-refractivity contribution in [2.45, 2.75) is 25.8 Å². The summed E-state index contributed by atoms with van der Waals surface area (Å²) >= 11 is 0. The van der Waals surface area contributed by atoms with Gasteiger partial charge in [-0.3, -0.25) is 0 Å². The van der Waals surface area contributed by atoms with Gasteiger partial charge in [0, 0.05) is 18.4 Å². The van der Waals surface area contributed by atoms with E-state index in [1.165, 1.54) is 6.33 Å². The normalized spacial score (nSPS) is 12.9. The van der Waals surface area contributed by atoms with Crippen molar-refractivity contribution in [1.29, 1.82) is 0 Å². The van der Waals surface area contributed by atoms with E-state index in [1.807, 2.05) is 12.4 Å². The van der Waals surface area contributed by atoms with Crippen LogP contribution in [0.3, 0.4) is 0 Å². The highest BCUT2D eigenvalue weighted by Crippen LogP contribution is 1.99. The van der Waals surface area contributed by atoms with Crippen LogP contribution in [0.15, 0.2) is 18.7 Å². The molecule has 0 radical (unpaired) electrons. The largest absolute Gasteiger partial charge is 0.327 e. The Hall–Kier alpha value is -0.960. The fraction of sp³-hybridized carbons (Fsp3) is 0.500.